The van der Waals surface area contributed by atoms with Gasteiger partial charge in [0.25, 0.3) is 0 Å². The number of aromatic hydroxyl groups is 1. The van der Waals surface area contributed by atoms with Gasteiger partial charge in [-0.15, -0.1) is 0 Å². The van der Waals surface area contributed by atoms with E-state index in [1.54, 1.807) is 0 Å². The Labute approximate surface area is 128 Å². The van der Waals surface area contributed by atoms with Crippen LogP contribution < -0.4 is 0 Å². The Balaban J connectivity index is 0.000000463. The van der Waals surface area contributed by atoms with Crippen LogP contribution in [0.4, 0.5) is 8.78 Å². The summed E-state index contributed by atoms with van der Waals surface area (Å²) in [5.74, 6) is -3.24. The van der Waals surface area contributed by atoms with Gasteiger partial charge in [-0.2, -0.15) is 0 Å². The minimum atomic E-state index is -4.64. The fourth-order valence-electron chi connectivity index (χ4n) is 1.60. The van der Waals surface area contributed by atoms with Gasteiger partial charge in [0.1, 0.15) is 22.9 Å². The van der Waals surface area contributed by atoms with Crippen molar-refractivity contribution in [2.45, 2.75) is 0 Å². The lowest BCUT2D eigenvalue weighted by atomic mass is 10.0. The first kappa shape index (κ1) is 18.7. The van der Waals surface area contributed by atoms with Crippen LogP contribution in [0.25, 0.3) is 11.1 Å². The zero-order chi connectivity index (χ0) is 17.8. The van der Waals surface area contributed by atoms with Gasteiger partial charge < -0.3 is 24.9 Å². The number of hydrogen-bond donors (Lipinski definition) is 5. The number of carbonyl (C=O) groups is 1. The average molecular weight is 348 g/mol. The molecule has 0 aliphatic heterocycles. The van der Waals surface area contributed by atoms with Crippen molar-refractivity contribution >= 4 is 13.8 Å². The quantitative estimate of drug-likeness (QED) is 0.525. The summed E-state index contributed by atoms with van der Waals surface area (Å²) < 4.78 is 35.2. The lowest BCUT2D eigenvalue weighted by molar-refractivity contribution is 0.0693. The van der Waals surface area contributed by atoms with E-state index in [0.717, 1.165) is 18.2 Å². The van der Waals surface area contributed by atoms with Crippen LogP contribution in [0.1, 0.15) is 10.4 Å². The van der Waals surface area contributed by atoms with Gasteiger partial charge in [0, 0.05) is 11.6 Å². The maximum absolute atomic E-state index is 13.5. The molecule has 2 aromatic carbocycles. The second kappa shape index (κ2) is 7.30. The van der Waals surface area contributed by atoms with Gasteiger partial charge >= 0.3 is 13.8 Å². The summed E-state index contributed by atoms with van der Waals surface area (Å²) in [4.78, 5) is 32.4. The minimum absolute atomic E-state index is 0.0684. The van der Waals surface area contributed by atoms with E-state index < -0.39 is 31.2 Å². The summed E-state index contributed by atoms with van der Waals surface area (Å²) in [5, 5.41) is 18.2. The number of carboxylic acid groups (broad SMARTS) is 1. The molecule has 124 valence electrons. The van der Waals surface area contributed by atoms with Gasteiger partial charge in [-0.25, -0.2) is 18.1 Å². The van der Waals surface area contributed by atoms with Crippen LogP contribution in [-0.4, -0.2) is 30.9 Å². The molecule has 5 N–H and O–H groups in total. The Hall–Kier alpha value is -2.32. The van der Waals surface area contributed by atoms with E-state index >= 15 is 0 Å². The smallest absolute Gasteiger partial charge is 0.466 e. The van der Waals surface area contributed by atoms with Crippen molar-refractivity contribution in [3.63, 3.8) is 0 Å². The van der Waals surface area contributed by atoms with Crippen LogP contribution in [0.2, 0.25) is 0 Å². The van der Waals surface area contributed by atoms with E-state index in [-0.39, 0.29) is 16.7 Å². The summed E-state index contributed by atoms with van der Waals surface area (Å²) in [7, 11) is -4.64. The van der Waals surface area contributed by atoms with Crippen LogP contribution in [0, 0.1) is 11.6 Å². The van der Waals surface area contributed by atoms with Crippen LogP contribution in [0.15, 0.2) is 36.4 Å². The number of phenols is 1. The largest absolute Gasteiger partial charge is 0.507 e. The van der Waals surface area contributed by atoms with Crippen molar-refractivity contribution in [3.8, 4) is 16.9 Å². The fraction of sp³-hybridized carbons (Fsp3) is 0. The first-order valence-electron chi connectivity index (χ1n) is 5.79. The third kappa shape index (κ3) is 6.13. The van der Waals surface area contributed by atoms with Crippen molar-refractivity contribution in [2.24, 2.45) is 0 Å². The van der Waals surface area contributed by atoms with Gasteiger partial charge in [0.05, 0.1) is 0 Å². The molecular weight excluding hydrogens is 337 g/mol. The molecular formula is C13H11F2O7P. The second-order valence-corrected chi connectivity index (χ2v) is 5.20. The Morgan fingerprint density at radius 3 is 2.04 bits per heavy atom. The van der Waals surface area contributed by atoms with Crippen LogP contribution in [0.5, 0.6) is 5.75 Å². The summed E-state index contributed by atoms with van der Waals surface area (Å²) in [6.07, 6.45) is 0. The molecule has 0 spiro atoms. The third-order valence-electron chi connectivity index (χ3n) is 2.47. The number of aromatic carboxylic acids is 1. The van der Waals surface area contributed by atoms with Gasteiger partial charge in [-0.3, -0.25) is 0 Å². The molecule has 2 rings (SSSR count). The molecule has 0 atom stereocenters. The highest BCUT2D eigenvalue weighted by Gasteiger charge is 2.13. The van der Waals surface area contributed by atoms with Gasteiger partial charge in [-0.05, 0) is 29.8 Å². The molecule has 0 aromatic heterocycles. The Bertz CT molecular complexity index is 765. The normalized spacial score (nSPS) is 10.7. The van der Waals surface area contributed by atoms with E-state index in [2.05, 4.69) is 0 Å². The molecule has 0 fully saturated rings. The van der Waals surface area contributed by atoms with E-state index in [1.807, 2.05) is 0 Å². The fourth-order valence-corrected chi connectivity index (χ4v) is 1.60. The summed E-state index contributed by atoms with van der Waals surface area (Å²) in [6, 6.07) is 6.64. The first-order chi connectivity index (χ1) is 10.5. The molecule has 0 aliphatic rings. The monoisotopic (exact) mass is 348 g/mol. The molecule has 2 aromatic rings. The predicted molar refractivity (Wildman–Crippen MR) is 74.7 cm³/mol. The number of phosphoric acid groups is 1. The average Bonchev–Trinajstić information content (AvgIpc) is 2.37. The maximum atomic E-state index is 13.5. The standard InChI is InChI=1S/C13H8F2O3.H3O4P/c14-8-2-3-9(11(15)6-8)7-1-4-12(16)10(5-7)13(17)18;1-5(2,3)4/h1-6,16H,(H,17,18);(H3,1,2,3,4). The van der Waals surface area contributed by atoms with Crippen LogP contribution in [-0.2, 0) is 4.57 Å². The molecule has 0 unspecified atom stereocenters. The molecule has 0 amide bonds. The van der Waals surface area contributed by atoms with E-state index in [4.69, 9.17) is 24.4 Å². The highest BCUT2D eigenvalue weighted by molar-refractivity contribution is 7.45. The number of halogens is 2. The third-order valence-corrected chi connectivity index (χ3v) is 2.47. The van der Waals surface area contributed by atoms with Crippen LogP contribution in [0.3, 0.4) is 0 Å². The highest BCUT2D eigenvalue weighted by atomic mass is 31.2. The second-order valence-electron chi connectivity index (χ2n) is 4.17. The summed E-state index contributed by atoms with van der Waals surface area (Å²) in [6.45, 7) is 0. The number of rotatable bonds is 2. The van der Waals surface area contributed by atoms with Gasteiger partial charge in [0.2, 0.25) is 0 Å². The van der Waals surface area contributed by atoms with E-state index in [9.17, 15) is 18.7 Å². The van der Waals surface area contributed by atoms with Crippen LogP contribution >= 0.6 is 7.82 Å². The lowest BCUT2D eigenvalue weighted by Gasteiger charge is -2.06. The lowest BCUT2D eigenvalue weighted by Crippen LogP contribution is -1.97. The maximum Gasteiger partial charge on any atom is 0.466 e. The van der Waals surface area contributed by atoms with Crippen molar-refractivity contribution < 1.29 is 43.0 Å². The van der Waals surface area contributed by atoms with E-state index in [0.29, 0.717) is 6.07 Å². The highest BCUT2D eigenvalue weighted by Crippen LogP contribution is 2.28. The zero-order valence-electron chi connectivity index (χ0n) is 11.2. The van der Waals surface area contributed by atoms with E-state index in [1.165, 1.54) is 12.1 Å². The molecule has 0 radical (unpaired) electrons. The summed E-state index contributed by atoms with van der Waals surface area (Å²) in [5.41, 5.74) is -0.0159. The molecule has 0 bridgehead atoms. The van der Waals surface area contributed by atoms with Gasteiger partial charge in [0.15, 0.2) is 0 Å². The molecule has 0 saturated heterocycles. The molecule has 23 heavy (non-hydrogen) atoms. The molecule has 10 heteroatoms. The van der Waals surface area contributed by atoms with Crippen molar-refractivity contribution in [2.75, 3.05) is 0 Å². The molecule has 7 nitrogen and oxygen atoms in total. The van der Waals surface area contributed by atoms with Crippen molar-refractivity contribution in [1.29, 1.82) is 0 Å². The summed E-state index contributed by atoms with van der Waals surface area (Å²) >= 11 is 0. The SMILES string of the molecule is O=C(O)c1cc(-c2ccc(F)cc2F)ccc1O.O=P(O)(O)O. The zero-order valence-corrected chi connectivity index (χ0v) is 12.1. The molecule has 0 heterocycles. The number of benzene rings is 2. The number of carboxylic acids is 1. The molecule has 0 saturated carbocycles. The minimum Gasteiger partial charge on any atom is -0.507 e. The Morgan fingerprint density at radius 1 is 1.00 bits per heavy atom. The Kier molecular flexibility index (Phi) is 5.94. The van der Waals surface area contributed by atoms with Crippen molar-refractivity contribution in [1.82, 2.24) is 0 Å². The molecule has 0 aliphatic carbocycles. The topological polar surface area (TPSA) is 135 Å². The van der Waals surface area contributed by atoms with Gasteiger partial charge in [-0.1, -0.05) is 6.07 Å². The van der Waals surface area contributed by atoms with Crippen molar-refractivity contribution in [3.05, 3.63) is 53.6 Å². The predicted octanol–water partition coefficient (Wildman–Crippen LogP) is 2.11. The Morgan fingerprint density at radius 2 is 1.57 bits per heavy atom. The number of hydrogen-bond acceptors (Lipinski definition) is 3. The first-order valence-corrected chi connectivity index (χ1v) is 7.35.